The molecule has 6 heteroatoms. The zero-order valence-corrected chi connectivity index (χ0v) is 21.8. The molecular formula is C28H39N3O2S. The van der Waals surface area contributed by atoms with E-state index in [4.69, 9.17) is 0 Å². The third-order valence-corrected chi connectivity index (χ3v) is 8.33. The number of amides is 2. The molecule has 1 saturated heterocycles. The van der Waals surface area contributed by atoms with E-state index < -0.39 is 5.92 Å². The van der Waals surface area contributed by atoms with Gasteiger partial charge in [-0.25, -0.2) is 0 Å². The molecule has 34 heavy (non-hydrogen) atoms. The molecule has 0 bridgehead atoms. The first-order chi connectivity index (χ1) is 16.4. The van der Waals surface area contributed by atoms with Crippen molar-refractivity contribution in [2.45, 2.75) is 77.4 Å². The Labute approximate surface area is 208 Å². The maximum Gasteiger partial charge on any atom is 0.254 e. The highest BCUT2D eigenvalue weighted by molar-refractivity contribution is 7.10. The molecule has 2 aliphatic heterocycles. The smallest absolute Gasteiger partial charge is 0.254 e. The van der Waals surface area contributed by atoms with E-state index in [1.807, 2.05) is 40.6 Å². The molecule has 2 amide bonds. The normalized spacial score (nSPS) is 25.4. The lowest BCUT2D eigenvalue weighted by Gasteiger charge is -2.42. The molecule has 1 aromatic carbocycles. The lowest BCUT2D eigenvalue weighted by Crippen LogP contribution is -2.48. The van der Waals surface area contributed by atoms with Crippen LogP contribution in [-0.2, 0) is 4.79 Å². The number of hydrogen-bond acceptors (Lipinski definition) is 4. The van der Waals surface area contributed by atoms with E-state index in [2.05, 4.69) is 44.0 Å². The molecule has 0 saturated carbocycles. The first-order valence-electron chi connectivity index (χ1n) is 12.8. The molecule has 184 valence electrons. The SMILES string of the molecule is CC(C)CN1C(=O)c2ccccc2[C@H](C(=O)NCCCN2[C@H](C)CCC[C@H]2C)[C@H]1c1cccs1. The maximum atomic E-state index is 13.7. The molecule has 5 nitrogen and oxygen atoms in total. The highest BCUT2D eigenvalue weighted by atomic mass is 32.1. The van der Waals surface area contributed by atoms with Crippen LogP contribution < -0.4 is 5.32 Å². The Hall–Kier alpha value is -2.18. The number of nitrogens with zero attached hydrogens (tertiary/aromatic N) is 2. The van der Waals surface area contributed by atoms with Gasteiger partial charge in [0.25, 0.3) is 5.91 Å². The van der Waals surface area contributed by atoms with Crippen LogP contribution >= 0.6 is 11.3 Å². The fraction of sp³-hybridized carbons (Fsp3) is 0.571. The third-order valence-electron chi connectivity index (χ3n) is 7.39. The van der Waals surface area contributed by atoms with Crippen molar-refractivity contribution in [2.75, 3.05) is 19.6 Å². The number of hydrogen-bond donors (Lipinski definition) is 1. The van der Waals surface area contributed by atoms with Crippen LogP contribution in [0.2, 0.25) is 0 Å². The molecule has 0 unspecified atom stereocenters. The van der Waals surface area contributed by atoms with Gasteiger partial charge in [-0.3, -0.25) is 14.5 Å². The zero-order chi connectivity index (χ0) is 24.2. The highest BCUT2D eigenvalue weighted by Crippen LogP contribution is 2.44. The van der Waals surface area contributed by atoms with Crippen LogP contribution in [0.1, 0.15) is 86.1 Å². The maximum absolute atomic E-state index is 13.7. The zero-order valence-electron chi connectivity index (χ0n) is 21.0. The molecule has 1 aromatic heterocycles. The highest BCUT2D eigenvalue weighted by Gasteiger charge is 2.44. The topological polar surface area (TPSA) is 52.7 Å². The molecule has 0 aliphatic carbocycles. The van der Waals surface area contributed by atoms with Crippen molar-refractivity contribution in [3.8, 4) is 0 Å². The average Bonchev–Trinajstić information content (AvgIpc) is 3.34. The quantitative estimate of drug-likeness (QED) is 0.510. The number of benzene rings is 1. The first kappa shape index (κ1) is 24.9. The van der Waals surface area contributed by atoms with E-state index in [9.17, 15) is 9.59 Å². The summed E-state index contributed by atoms with van der Waals surface area (Å²) in [5.41, 5.74) is 1.51. The Bertz CT molecular complexity index is 964. The second-order valence-electron chi connectivity index (χ2n) is 10.4. The number of carbonyl (C=O) groups excluding carboxylic acids is 2. The Morgan fingerprint density at radius 2 is 1.85 bits per heavy atom. The largest absolute Gasteiger partial charge is 0.355 e. The van der Waals surface area contributed by atoms with Crippen LogP contribution in [0.5, 0.6) is 0 Å². The van der Waals surface area contributed by atoms with Gasteiger partial charge >= 0.3 is 0 Å². The lowest BCUT2D eigenvalue weighted by molar-refractivity contribution is -0.124. The Morgan fingerprint density at radius 1 is 1.12 bits per heavy atom. The number of thiophene rings is 1. The fourth-order valence-corrected chi connectivity index (χ4v) is 6.62. The summed E-state index contributed by atoms with van der Waals surface area (Å²) in [7, 11) is 0. The van der Waals surface area contributed by atoms with Gasteiger partial charge in [0.1, 0.15) is 0 Å². The number of rotatable bonds is 8. The third kappa shape index (κ3) is 5.23. The van der Waals surface area contributed by atoms with Crippen LogP contribution in [-0.4, -0.2) is 53.3 Å². The number of likely N-dealkylation sites (tertiary alicyclic amines) is 1. The lowest BCUT2D eigenvalue weighted by atomic mass is 9.81. The molecule has 2 aliphatic rings. The molecule has 4 atom stereocenters. The molecule has 4 rings (SSSR count). The standard InChI is InChI=1S/C28H39N3O2S/c1-19(2)18-31-26(24-14-8-17-34-24)25(22-12-5-6-13-23(22)28(31)33)27(32)29-15-9-16-30-20(3)10-7-11-21(30)4/h5-6,8,12-14,17,19-21,25-26H,7,9-11,15-16,18H2,1-4H3,(H,29,32)/t20-,21-,25+,26-/m1/s1. The average molecular weight is 482 g/mol. The molecule has 1 N–H and O–H groups in total. The summed E-state index contributed by atoms with van der Waals surface area (Å²) in [5, 5.41) is 5.28. The number of piperidine rings is 1. The molecule has 2 aromatic rings. The van der Waals surface area contributed by atoms with Gasteiger partial charge in [0.05, 0.1) is 12.0 Å². The van der Waals surface area contributed by atoms with Gasteiger partial charge in [-0.05, 0) is 62.1 Å². The predicted molar refractivity (Wildman–Crippen MR) is 139 cm³/mol. The van der Waals surface area contributed by atoms with Crippen LogP contribution in [0.3, 0.4) is 0 Å². The van der Waals surface area contributed by atoms with Crippen molar-refractivity contribution in [3.63, 3.8) is 0 Å². The fourth-order valence-electron chi connectivity index (χ4n) is 5.74. The van der Waals surface area contributed by atoms with Gasteiger partial charge in [0.15, 0.2) is 0 Å². The Morgan fingerprint density at radius 3 is 2.53 bits per heavy atom. The van der Waals surface area contributed by atoms with Crippen LogP contribution in [0.25, 0.3) is 0 Å². The summed E-state index contributed by atoms with van der Waals surface area (Å²) >= 11 is 1.63. The van der Waals surface area contributed by atoms with Crippen LogP contribution in [0.15, 0.2) is 41.8 Å². The number of carbonyl (C=O) groups is 2. The summed E-state index contributed by atoms with van der Waals surface area (Å²) in [5.74, 6) is -0.0419. The summed E-state index contributed by atoms with van der Waals surface area (Å²) in [6.45, 7) is 11.2. The van der Waals surface area contributed by atoms with Gasteiger partial charge < -0.3 is 10.2 Å². The van der Waals surface area contributed by atoms with E-state index in [1.54, 1.807) is 11.3 Å². The second-order valence-corrected chi connectivity index (χ2v) is 11.4. The minimum atomic E-state index is -0.404. The summed E-state index contributed by atoms with van der Waals surface area (Å²) in [4.78, 5) is 32.8. The van der Waals surface area contributed by atoms with Gasteiger partial charge in [-0.15, -0.1) is 11.3 Å². The van der Waals surface area contributed by atoms with Crippen molar-refractivity contribution in [3.05, 3.63) is 57.8 Å². The van der Waals surface area contributed by atoms with Crippen molar-refractivity contribution >= 4 is 23.2 Å². The number of fused-ring (bicyclic) bond motifs is 1. The molecular weight excluding hydrogens is 442 g/mol. The minimum Gasteiger partial charge on any atom is -0.355 e. The van der Waals surface area contributed by atoms with Crippen LogP contribution in [0, 0.1) is 5.92 Å². The van der Waals surface area contributed by atoms with E-state index in [-0.39, 0.29) is 17.9 Å². The minimum absolute atomic E-state index is 0.0202. The first-order valence-corrected chi connectivity index (χ1v) is 13.7. The van der Waals surface area contributed by atoms with Crippen molar-refractivity contribution in [2.24, 2.45) is 5.92 Å². The van der Waals surface area contributed by atoms with E-state index in [0.29, 0.717) is 36.7 Å². The predicted octanol–water partition coefficient (Wildman–Crippen LogP) is 5.45. The second kappa shape index (κ2) is 11.0. The molecule has 0 spiro atoms. The van der Waals surface area contributed by atoms with Gasteiger partial charge in [-0.2, -0.15) is 0 Å². The van der Waals surface area contributed by atoms with Gasteiger partial charge in [-0.1, -0.05) is 44.5 Å². The Kier molecular flexibility index (Phi) is 8.10. The van der Waals surface area contributed by atoms with Gasteiger partial charge in [0, 0.05) is 42.2 Å². The molecule has 3 heterocycles. The van der Waals surface area contributed by atoms with Crippen molar-refractivity contribution in [1.29, 1.82) is 0 Å². The van der Waals surface area contributed by atoms with Crippen molar-refractivity contribution < 1.29 is 9.59 Å². The Balaban J connectivity index is 1.54. The van der Waals surface area contributed by atoms with E-state index in [1.165, 1.54) is 19.3 Å². The van der Waals surface area contributed by atoms with E-state index in [0.717, 1.165) is 23.4 Å². The summed E-state index contributed by atoms with van der Waals surface area (Å²) in [6.07, 6.45) is 4.77. The number of nitrogens with one attached hydrogen (secondary N) is 1. The molecule has 1 fully saturated rings. The summed E-state index contributed by atoms with van der Waals surface area (Å²) < 4.78 is 0. The summed E-state index contributed by atoms with van der Waals surface area (Å²) in [6, 6.07) is 12.7. The monoisotopic (exact) mass is 481 g/mol. The van der Waals surface area contributed by atoms with Crippen LogP contribution in [0.4, 0.5) is 0 Å². The molecule has 0 radical (unpaired) electrons. The van der Waals surface area contributed by atoms with E-state index >= 15 is 0 Å². The van der Waals surface area contributed by atoms with Crippen molar-refractivity contribution in [1.82, 2.24) is 15.1 Å². The van der Waals surface area contributed by atoms with Gasteiger partial charge in [0.2, 0.25) is 5.91 Å².